The highest BCUT2D eigenvalue weighted by Crippen LogP contribution is 2.21. The van der Waals surface area contributed by atoms with Crippen LogP contribution in [0.1, 0.15) is 25.0 Å². The first kappa shape index (κ1) is 28.4. The molecule has 0 saturated carbocycles. The van der Waals surface area contributed by atoms with E-state index in [1.54, 1.807) is 25.9 Å². The number of amides is 1. The molecule has 0 unspecified atom stereocenters. The summed E-state index contributed by atoms with van der Waals surface area (Å²) in [7, 11) is 3.61. The molecule has 4 nitrogen and oxygen atoms in total. The van der Waals surface area contributed by atoms with Crippen LogP contribution in [0.4, 0.5) is 0 Å². The highest BCUT2D eigenvalue weighted by molar-refractivity contribution is 5.78. The van der Waals surface area contributed by atoms with Gasteiger partial charge in [-0.15, -0.1) is 0 Å². The molecular formula is C34H37NO3. The predicted octanol–water partition coefficient (Wildman–Crippen LogP) is 7.24. The summed E-state index contributed by atoms with van der Waals surface area (Å²) >= 11 is 0. The lowest BCUT2D eigenvalue weighted by Gasteiger charge is -2.16. The third kappa shape index (κ3) is 8.45. The molecule has 1 N–H and O–H groups in total. The fraction of sp³-hybridized carbons (Fsp3) is 0.235. The van der Waals surface area contributed by atoms with Crippen molar-refractivity contribution in [2.45, 2.75) is 26.7 Å². The first-order valence-corrected chi connectivity index (χ1v) is 13.0. The van der Waals surface area contributed by atoms with E-state index in [4.69, 9.17) is 5.11 Å². The van der Waals surface area contributed by atoms with Gasteiger partial charge >= 0.3 is 5.97 Å². The van der Waals surface area contributed by atoms with Gasteiger partial charge in [0.05, 0.1) is 5.92 Å². The van der Waals surface area contributed by atoms with Crippen LogP contribution in [0, 0.1) is 11.8 Å². The molecule has 38 heavy (non-hydrogen) atoms. The van der Waals surface area contributed by atoms with Gasteiger partial charge in [-0.1, -0.05) is 123 Å². The number of hydrogen-bond acceptors (Lipinski definition) is 2. The Morgan fingerprint density at radius 2 is 0.921 bits per heavy atom. The molecule has 0 aliphatic rings. The van der Waals surface area contributed by atoms with E-state index in [-0.39, 0.29) is 17.7 Å². The molecule has 0 radical (unpaired) electrons. The van der Waals surface area contributed by atoms with Crippen molar-refractivity contribution < 1.29 is 14.7 Å². The van der Waals surface area contributed by atoms with Crippen LogP contribution in [-0.4, -0.2) is 36.0 Å². The van der Waals surface area contributed by atoms with Gasteiger partial charge in [-0.05, 0) is 46.2 Å². The molecule has 0 saturated heterocycles. The minimum absolute atomic E-state index is 0.0209. The van der Waals surface area contributed by atoms with Crippen LogP contribution in [0.5, 0.6) is 0 Å². The summed E-state index contributed by atoms with van der Waals surface area (Å²) in [6.45, 7) is 3.71. The Bertz CT molecular complexity index is 1280. The van der Waals surface area contributed by atoms with E-state index in [2.05, 4.69) is 48.5 Å². The summed E-state index contributed by atoms with van der Waals surface area (Å²) in [5, 5.41) is 8.88. The molecule has 0 bridgehead atoms. The van der Waals surface area contributed by atoms with Crippen molar-refractivity contribution in [3.05, 3.63) is 120 Å². The predicted molar refractivity (Wildman–Crippen MR) is 156 cm³/mol. The van der Waals surface area contributed by atoms with Crippen LogP contribution in [0.25, 0.3) is 22.3 Å². The van der Waals surface area contributed by atoms with E-state index in [0.717, 1.165) is 17.5 Å². The second-order valence-electron chi connectivity index (χ2n) is 9.91. The lowest BCUT2D eigenvalue weighted by molar-refractivity contribution is -0.141. The van der Waals surface area contributed by atoms with Crippen molar-refractivity contribution in [3.63, 3.8) is 0 Å². The third-order valence-corrected chi connectivity index (χ3v) is 6.49. The van der Waals surface area contributed by atoms with E-state index in [9.17, 15) is 9.59 Å². The summed E-state index contributed by atoms with van der Waals surface area (Å²) in [6, 6.07) is 37.0. The van der Waals surface area contributed by atoms with Crippen LogP contribution in [0.3, 0.4) is 0 Å². The monoisotopic (exact) mass is 507 g/mol. The van der Waals surface area contributed by atoms with Crippen molar-refractivity contribution >= 4 is 11.9 Å². The third-order valence-electron chi connectivity index (χ3n) is 6.49. The Kier molecular flexibility index (Phi) is 10.4. The van der Waals surface area contributed by atoms with Crippen LogP contribution < -0.4 is 0 Å². The number of carboxylic acid groups (broad SMARTS) is 1. The van der Waals surface area contributed by atoms with Crippen molar-refractivity contribution in [1.82, 2.24) is 4.90 Å². The average Bonchev–Trinajstić information content (AvgIpc) is 2.94. The summed E-state index contributed by atoms with van der Waals surface area (Å²) in [6.07, 6.45) is 1.36. The van der Waals surface area contributed by atoms with Gasteiger partial charge in [-0.25, -0.2) is 0 Å². The summed E-state index contributed by atoms with van der Waals surface area (Å²) in [4.78, 5) is 24.3. The zero-order chi connectivity index (χ0) is 27.5. The summed E-state index contributed by atoms with van der Waals surface area (Å²) in [5.74, 6) is -0.889. The van der Waals surface area contributed by atoms with Crippen molar-refractivity contribution in [2.75, 3.05) is 14.1 Å². The van der Waals surface area contributed by atoms with Gasteiger partial charge < -0.3 is 10.0 Å². The molecule has 0 heterocycles. The number of carbonyl (C=O) groups is 2. The van der Waals surface area contributed by atoms with E-state index < -0.39 is 5.97 Å². The van der Waals surface area contributed by atoms with E-state index in [1.165, 1.54) is 22.3 Å². The molecular weight excluding hydrogens is 470 g/mol. The lowest BCUT2D eigenvalue weighted by atomic mass is 9.97. The molecule has 4 aromatic carbocycles. The zero-order valence-corrected chi connectivity index (χ0v) is 22.7. The van der Waals surface area contributed by atoms with E-state index >= 15 is 0 Å². The van der Waals surface area contributed by atoms with Gasteiger partial charge in [-0.3, -0.25) is 9.59 Å². The van der Waals surface area contributed by atoms with Crippen LogP contribution >= 0.6 is 0 Å². The van der Waals surface area contributed by atoms with Crippen LogP contribution in [0.2, 0.25) is 0 Å². The maximum Gasteiger partial charge on any atom is 0.306 e. The Morgan fingerprint density at radius 3 is 1.26 bits per heavy atom. The van der Waals surface area contributed by atoms with Gasteiger partial charge in [0.2, 0.25) is 5.91 Å². The highest BCUT2D eigenvalue weighted by atomic mass is 16.4. The minimum Gasteiger partial charge on any atom is -0.481 e. The quantitative estimate of drug-likeness (QED) is 0.274. The van der Waals surface area contributed by atoms with E-state index in [1.807, 2.05) is 67.6 Å². The molecule has 4 heteroatoms. The first-order valence-electron chi connectivity index (χ1n) is 13.0. The molecule has 0 aliphatic carbocycles. The average molecular weight is 508 g/mol. The first-order chi connectivity index (χ1) is 18.2. The molecule has 0 fully saturated rings. The Morgan fingerprint density at radius 1 is 0.579 bits per heavy atom. The molecule has 2 atom stereocenters. The molecule has 1 amide bonds. The van der Waals surface area contributed by atoms with Gasteiger partial charge in [0.25, 0.3) is 0 Å². The number of carbonyl (C=O) groups excluding carboxylic acids is 1. The SMILES string of the molecule is C[C@@H](Cc1ccc(-c2ccccc2)cc1)C(=O)N(C)C.C[C@@H](Cc1ccc(-c2ccccc2)cc1)C(=O)O. The molecule has 196 valence electrons. The molecule has 0 spiro atoms. The van der Waals surface area contributed by atoms with E-state index in [0.29, 0.717) is 6.42 Å². The maximum absolute atomic E-state index is 11.9. The fourth-order valence-electron chi connectivity index (χ4n) is 4.25. The van der Waals surface area contributed by atoms with Crippen LogP contribution in [-0.2, 0) is 22.4 Å². The summed E-state index contributed by atoms with van der Waals surface area (Å²) in [5.41, 5.74) is 7.02. The van der Waals surface area contributed by atoms with Crippen molar-refractivity contribution in [3.8, 4) is 22.3 Å². The molecule has 0 aliphatic heterocycles. The maximum atomic E-state index is 11.9. The van der Waals surface area contributed by atoms with Gasteiger partial charge in [0, 0.05) is 20.0 Å². The Hall–Kier alpha value is -4.18. The molecule has 4 aromatic rings. The second-order valence-corrected chi connectivity index (χ2v) is 9.91. The largest absolute Gasteiger partial charge is 0.481 e. The Labute approximate surface area is 226 Å². The van der Waals surface area contributed by atoms with Gasteiger partial charge in [-0.2, -0.15) is 0 Å². The van der Waals surface area contributed by atoms with Gasteiger partial charge in [0.1, 0.15) is 0 Å². The topological polar surface area (TPSA) is 57.6 Å². The minimum atomic E-state index is -0.748. The molecule has 4 rings (SSSR count). The second kappa shape index (κ2) is 13.9. The molecule has 0 aromatic heterocycles. The number of nitrogens with zero attached hydrogens (tertiary/aromatic N) is 1. The van der Waals surface area contributed by atoms with Crippen molar-refractivity contribution in [1.29, 1.82) is 0 Å². The number of benzene rings is 4. The number of aliphatic carboxylic acids is 1. The smallest absolute Gasteiger partial charge is 0.306 e. The Balaban J connectivity index is 0.000000212. The number of rotatable bonds is 8. The number of carboxylic acids is 1. The summed E-state index contributed by atoms with van der Waals surface area (Å²) < 4.78 is 0. The lowest BCUT2D eigenvalue weighted by Crippen LogP contribution is -2.29. The van der Waals surface area contributed by atoms with Crippen molar-refractivity contribution in [2.24, 2.45) is 11.8 Å². The normalized spacial score (nSPS) is 12.0. The highest BCUT2D eigenvalue weighted by Gasteiger charge is 2.15. The standard InChI is InChI=1S/C18H21NO.C16H16O2/c1-14(18(20)19(2)3)13-15-9-11-17(12-10-15)16-7-5-4-6-8-16;1-12(16(17)18)11-13-7-9-15(10-8-13)14-5-3-2-4-6-14/h4-12,14H,13H2,1-3H3;2-10,12H,11H2,1H3,(H,17,18)/t14-;12-/m00/s1. The number of hydrogen-bond donors (Lipinski definition) is 1. The zero-order valence-electron chi connectivity index (χ0n) is 22.7. The van der Waals surface area contributed by atoms with Gasteiger partial charge in [0.15, 0.2) is 0 Å². The fourth-order valence-corrected chi connectivity index (χ4v) is 4.25. The van der Waals surface area contributed by atoms with Crippen LogP contribution in [0.15, 0.2) is 109 Å².